The number of aromatic nitrogens is 12. The molecule has 0 bridgehead atoms. The molecule has 3 aliphatic heterocycles. The van der Waals surface area contributed by atoms with Crippen LogP contribution < -0.4 is 17.2 Å². The van der Waals surface area contributed by atoms with Crippen LogP contribution in [-0.4, -0.2) is 148 Å². The Balaban J connectivity index is 0.000000168. The lowest BCUT2D eigenvalue weighted by Crippen LogP contribution is -2.46. The molecule has 6 aromatic rings. The molecule has 31 heteroatoms. The van der Waals surface area contributed by atoms with Gasteiger partial charge in [0.15, 0.2) is 45.6 Å². The Bertz CT molecular complexity index is 4290. The fourth-order valence-electron chi connectivity index (χ4n) is 17.1. The number of unbranched alkanes of at least 4 members (excludes halogenated alkanes) is 4. The van der Waals surface area contributed by atoms with Gasteiger partial charge in [-0.05, 0) is 161 Å². The molecule has 28 nitrogen and oxygen atoms in total. The molecule has 4 aliphatic carbocycles. The lowest BCUT2D eigenvalue weighted by Gasteiger charge is -2.32. The summed E-state index contributed by atoms with van der Waals surface area (Å²) in [5.74, 6) is 9.13. The number of carbonyl (C=O) groups is 4. The van der Waals surface area contributed by atoms with Gasteiger partial charge in [0.1, 0.15) is 66.8 Å². The first-order valence-electron chi connectivity index (χ1n) is 40.0. The number of aliphatic hydroxyl groups excluding tert-OH is 2. The molecule has 0 radical (unpaired) electrons. The van der Waals surface area contributed by atoms with Gasteiger partial charge in [0, 0.05) is 19.3 Å². The summed E-state index contributed by atoms with van der Waals surface area (Å²) in [5, 5.41) is 20.8. The minimum Gasteiger partial charge on any atom is -0.461 e. The summed E-state index contributed by atoms with van der Waals surface area (Å²) in [6.07, 6.45) is 47.2. The Kier molecular flexibility index (Phi) is 29.1. The van der Waals surface area contributed by atoms with E-state index < -0.39 is 60.4 Å². The number of imidazole rings is 3. The van der Waals surface area contributed by atoms with Gasteiger partial charge in [-0.1, -0.05) is 123 Å². The van der Waals surface area contributed by atoms with Crippen LogP contribution in [0.15, 0.2) is 19.0 Å². The lowest BCUT2D eigenvalue weighted by atomic mass is 9.80. The molecule has 0 unspecified atom stereocenters. The number of aliphatic hydroxyl groups is 2. The number of terminal acetylenes is 3. The van der Waals surface area contributed by atoms with Gasteiger partial charge in [-0.15, -0.1) is 19.3 Å². The zero-order valence-electron chi connectivity index (χ0n) is 64.2. The Morgan fingerprint density at radius 1 is 0.459 bits per heavy atom. The zero-order chi connectivity index (χ0) is 79.2. The van der Waals surface area contributed by atoms with Crippen molar-refractivity contribution >= 4 is 110 Å². The lowest BCUT2D eigenvalue weighted by molar-refractivity contribution is -0.173. The smallest absolute Gasteiger partial charge is 0.309 e. The van der Waals surface area contributed by atoms with E-state index in [1.807, 2.05) is 0 Å². The summed E-state index contributed by atoms with van der Waals surface area (Å²) in [6, 6.07) is 0. The Morgan fingerprint density at radius 2 is 0.748 bits per heavy atom. The summed E-state index contributed by atoms with van der Waals surface area (Å²) in [6.45, 7) is 7.87. The van der Waals surface area contributed by atoms with Crippen LogP contribution in [0, 0.1) is 84.4 Å². The molecular formula is C80H108Cl3N15O13. The van der Waals surface area contributed by atoms with Gasteiger partial charge in [-0.3, -0.25) is 32.9 Å². The van der Waals surface area contributed by atoms with E-state index in [0.29, 0.717) is 57.2 Å². The number of esters is 4. The second-order valence-corrected chi connectivity index (χ2v) is 32.3. The number of rotatable bonds is 26. The van der Waals surface area contributed by atoms with Gasteiger partial charge in [-0.25, -0.2) is 15.0 Å². The van der Waals surface area contributed by atoms with Crippen LogP contribution >= 0.6 is 34.8 Å². The number of halogens is 3. The second-order valence-electron chi connectivity index (χ2n) is 31.3. The van der Waals surface area contributed by atoms with E-state index in [4.69, 9.17) is 104 Å². The van der Waals surface area contributed by atoms with Crippen molar-refractivity contribution in [3.63, 3.8) is 0 Å². The first-order valence-corrected chi connectivity index (χ1v) is 41.1. The van der Waals surface area contributed by atoms with E-state index in [1.54, 1.807) is 13.7 Å². The van der Waals surface area contributed by atoms with Crippen molar-refractivity contribution in [2.24, 2.45) is 47.3 Å². The second kappa shape index (κ2) is 38.4. The number of carbonyl (C=O) groups excluding carboxylic acids is 4. The van der Waals surface area contributed by atoms with E-state index in [1.165, 1.54) is 96.0 Å². The maximum atomic E-state index is 13.5. The zero-order valence-corrected chi connectivity index (χ0v) is 66.5. The topological polar surface area (TPSA) is 382 Å². The molecule has 602 valence electrons. The van der Waals surface area contributed by atoms with Crippen molar-refractivity contribution in [3.05, 3.63) is 34.8 Å². The van der Waals surface area contributed by atoms with Gasteiger partial charge in [0.2, 0.25) is 21.5 Å². The van der Waals surface area contributed by atoms with Crippen LogP contribution in [-0.2, 0) is 52.3 Å². The van der Waals surface area contributed by atoms with E-state index >= 15 is 0 Å². The van der Waals surface area contributed by atoms with Crippen LogP contribution in [0.1, 0.15) is 245 Å². The van der Waals surface area contributed by atoms with Crippen LogP contribution in [0.3, 0.4) is 0 Å². The minimum absolute atomic E-state index is 0.0253. The average molecular weight is 1590 g/mol. The fourth-order valence-corrected chi connectivity index (χ4v) is 17.6. The van der Waals surface area contributed by atoms with Crippen molar-refractivity contribution < 1.29 is 62.5 Å². The largest absolute Gasteiger partial charge is 0.461 e. The summed E-state index contributed by atoms with van der Waals surface area (Å²) in [5.41, 5.74) is 15.6. The van der Waals surface area contributed by atoms with Crippen molar-refractivity contribution in [1.82, 2.24) is 58.6 Å². The van der Waals surface area contributed by atoms with Gasteiger partial charge >= 0.3 is 23.9 Å². The van der Waals surface area contributed by atoms with E-state index in [0.717, 1.165) is 103 Å². The molecule has 111 heavy (non-hydrogen) atoms. The number of ether oxygens (including phenoxy) is 7. The molecule has 0 aromatic carbocycles. The Labute approximate surface area is 663 Å². The number of anilines is 3. The quantitative estimate of drug-likeness (QED) is 0.0146. The van der Waals surface area contributed by atoms with Gasteiger partial charge in [0.05, 0.1) is 49.3 Å². The van der Waals surface area contributed by atoms with Crippen molar-refractivity contribution in [2.75, 3.05) is 37.0 Å². The molecule has 8 N–H and O–H groups in total. The first kappa shape index (κ1) is 84.2. The predicted octanol–water partition coefficient (Wildman–Crippen LogP) is 13.3. The summed E-state index contributed by atoms with van der Waals surface area (Å²) < 4.78 is 47.0. The van der Waals surface area contributed by atoms with Crippen molar-refractivity contribution in [3.8, 4) is 37.0 Å². The number of fused-ring (bicyclic) bond motifs is 3. The fraction of sp³-hybridized carbons (Fsp3) is 0.688. The summed E-state index contributed by atoms with van der Waals surface area (Å²) >= 11 is 18.0. The highest BCUT2D eigenvalue weighted by Gasteiger charge is 2.55. The van der Waals surface area contributed by atoms with E-state index in [2.05, 4.69) is 90.3 Å². The molecule has 7 aliphatic rings. The SMILES string of the molecule is C#C[C@]1(CO)O[C@@H](n2cnc3c(N)nc(Cl)nc32)C[C@@H]1OC(=O)C1CCC(CCCC)CC1.C#C[C@]1(COC(=O)C2CCC(CCCC)CC2)O[C@@H](n2cnc3c(N)nc(Cl)nc32)C[C@@H]1O.C#C[C@]1(COC(=O)C2CCC(CCCC)CC2)O[C@@H](n2cnc3c(N)nc(Cl)nc32)C[C@@H]1OC(=O)C1CCC(CCCC)CC1. The molecule has 13 rings (SSSR count). The van der Waals surface area contributed by atoms with Crippen LogP contribution in [0.2, 0.25) is 15.9 Å². The molecule has 7 fully saturated rings. The standard InChI is InChI=1S/C34H48ClN5O5.2C23H30ClN5O4/c1-4-7-9-22-11-15-24(16-12-22)31(41)43-20-34(6-3)26(44-32(42)25-17-13-23(14-18-25)10-8-5-2)19-27(45-34)40-21-37-28-29(36)38-33(35)39-30(28)40;1-3-5-6-14-7-9-15(10-8-14)21(31)32-12-23(4-2)16(30)11-17(33-23)29-13-26-18-19(25)27-22(24)28-20(18)29;1-3-5-6-14-7-9-15(10-8-14)21(31)32-16-11-17(33-23(16,4-2)12-30)29-13-26-18-19(25)27-22(24)28-20(18)29/h3,21-27H,4-5,7-20H2,1-2H3,(H2,36,38,39);2*2,13-17,30H,3,5-12H2,1H3,(H2,25,27,28)/t22?,23?,24?,25?,26-,27+,34+;2*14?,15?,16-,17+,23+/m000/s1. The number of nitrogen functional groups attached to an aromatic ring is 3. The van der Waals surface area contributed by atoms with Crippen LogP contribution in [0.25, 0.3) is 33.5 Å². The molecule has 0 amide bonds. The highest BCUT2D eigenvalue weighted by molar-refractivity contribution is 6.29. The van der Waals surface area contributed by atoms with Crippen molar-refractivity contribution in [2.45, 2.75) is 281 Å². The molecular weight excluding hydrogens is 1490 g/mol. The highest BCUT2D eigenvalue weighted by Crippen LogP contribution is 2.46. The molecule has 4 saturated carbocycles. The van der Waals surface area contributed by atoms with Gasteiger partial charge < -0.3 is 60.6 Å². The van der Waals surface area contributed by atoms with Crippen LogP contribution in [0.5, 0.6) is 0 Å². The van der Waals surface area contributed by atoms with Gasteiger partial charge in [-0.2, -0.15) is 29.9 Å². The third kappa shape index (κ3) is 19.7. The molecule has 6 aromatic heterocycles. The maximum absolute atomic E-state index is 13.5. The third-order valence-corrected chi connectivity index (χ3v) is 24.5. The minimum atomic E-state index is -1.48. The molecule has 9 atom stereocenters. The first-order chi connectivity index (χ1) is 53.5. The van der Waals surface area contributed by atoms with Crippen molar-refractivity contribution in [1.29, 1.82) is 0 Å². The third-order valence-electron chi connectivity index (χ3n) is 24.0. The predicted molar refractivity (Wildman–Crippen MR) is 418 cm³/mol. The Hall–Kier alpha value is -7.72. The monoisotopic (exact) mass is 1590 g/mol. The summed E-state index contributed by atoms with van der Waals surface area (Å²) in [4.78, 5) is 89.8. The number of hydrogen-bond acceptors (Lipinski definition) is 25. The molecule has 3 saturated heterocycles. The number of nitrogens with two attached hydrogens (primary N) is 3. The average Bonchev–Trinajstić information content (AvgIpc) is 1.62. The molecule has 9 heterocycles. The summed E-state index contributed by atoms with van der Waals surface area (Å²) in [7, 11) is 0. The number of nitrogens with zero attached hydrogens (tertiary/aromatic N) is 12. The van der Waals surface area contributed by atoms with Crippen LogP contribution in [0.4, 0.5) is 17.5 Å². The van der Waals surface area contributed by atoms with E-state index in [-0.39, 0.29) is 113 Å². The van der Waals surface area contributed by atoms with E-state index in [9.17, 15) is 29.4 Å². The molecule has 0 spiro atoms. The Morgan fingerprint density at radius 3 is 1.06 bits per heavy atom. The van der Waals surface area contributed by atoms with Gasteiger partial charge in [0.25, 0.3) is 0 Å². The maximum Gasteiger partial charge on any atom is 0.309 e. The normalized spacial score (nSPS) is 29.9. The number of hydrogen-bond donors (Lipinski definition) is 5. The highest BCUT2D eigenvalue weighted by atomic mass is 35.5.